The highest BCUT2D eigenvalue weighted by atomic mass is 32.1. The van der Waals surface area contributed by atoms with Crippen molar-refractivity contribution in [3.05, 3.63) is 35.5 Å². The second-order valence-electron chi connectivity index (χ2n) is 8.04. The van der Waals surface area contributed by atoms with Gasteiger partial charge in [-0.3, -0.25) is 4.79 Å². The van der Waals surface area contributed by atoms with Crippen LogP contribution in [0, 0.1) is 6.92 Å². The number of hydrogen-bond acceptors (Lipinski definition) is 5. The third-order valence-corrected chi connectivity index (χ3v) is 7.21. The number of imidazole rings is 1. The van der Waals surface area contributed by atoms with E-state index < -0.39 is 0 Å². The zero-order valence-electron chi connectivity index (χ0n) is 16.3. The molecule has 1 amide bonds. The van der Waals surface area contributed by atoms with Gasteiger partial charge in [0, 0.05) is 25.2 Å². The van der Waals surface area contributed by atoms with Gasteiger partial charge in [0.2, 0.25) is 5.91 Å². The molecule has 7 heteroatoms. The first-order chi connectivity index (χ1) is 13.6. The summed E-state index contributed by atoms with van der Waals surface area (Å²) in [5, 5.41) is 3.66. The molecule has 2 aliphatic heterocycles. The van der Waals surface area contributed by atoms with Crippen molar-refractivity contribution >= 4 is 28.3 Å². The molecule has 4 heterocycles. The van der Waals surface area contributed by atoms with Crippen LogP contribution in [0.4, 0.5) is 0 Å². The fourth-order valence-electron chi connectivity index (χ4n) is 4.72. The van der Waals surface area contributed by atoms with Crippen molar-refractivity contribution in [3.63, 3.8) is 0 Å². The molecule has 28 heavy (non-hydrogen) atoms. The van der Waals surface area contributed by atoms with E-state index in [1.807, 2.05) is 48.6 Å². The lowest BCUT2D eigenvalue weighted by Crippen LogP contribution is -2.49. The number of nitrogens with one attached hydrogen (secondary N) is 1. The van der Waals surface area contributed by atoms with Crippen LogP contribution in [-0.2, 0) is 11.3 Å². The largest absolute Gasteiger partial charge is 0.341 e. The standard InChI is InChI=1S/C21H25N5OS/c1-13-20(28-12-22-13)21-24-17-5-3-4-6-18(17)26(21)11-19(27)25(2)16-9-14-7-8-15(10-16)23-14/h3-6,12,14-16,23H,7-11H2,1-2H3. The fraction of sp³-hybridized carbons (Fsp3) is 0.476. The van der Waals surface area contributed by atoms with Gasteiger partial charge in [0.25, 0.3) is 0 Å². The van der Waals surface area contributed by atoms with Crippen LogP contribution in [-0.4, -0.2) is 50.5 Å². The molecule has 0 radical (unpaired) electrons. The second kappa shape index (κ2) is 6.97. The lowest BCUT2D eigenvalue weighted by Gasteiger charge is -2.35. The molecular formula is C21H25N5OS. The van der Waals surface area contributed by atoms with Crippen LogP contribution in [0.25, 0.3) is 21.7 Å². The number of hydrogen-bond donors (Lipinski definition) is 1. The van der Waals surface area contributed by atoms with Crippen LogP contribution in [0.15, 0.2) is 29.8 Å². The van der Waals surface area contributed by atoms with Crippen LogP contribution in [0.1, 0.15) is 31.4 Å². The van der Waals surface area contributed by atoms with Crippen LogP contribution < -0.4 is 5.32 Å². The molecule has 0 aliphatic carbocycles. The first kappa shape index (κ1) is 17.8. The van der Waals surface area contributed by atoms with Gasteiger partial charge in [0.05, 0.1) is 27.1 Å². The van der Waals surface area contributed by atoms with Gasteiger partial charge in [-0.25, -0.2) is 9.97 Å². The minimum absolute atomic E-state index is 0.151. The van der Waals surface area contributed by atoms with E-state index in [0.29, 0.717) is 24.7 Å². The number of carbonyl (C=O) groups is 1. The third kappa shape index (κ3) is 3.02. The van der Waals surface area contributed by atoms with Crippen molar-refractivity contribution in [1.29, 1.82) is 0 Å². The number of rotatable bonds is 4. The number of piperidine rings is 1. The van der Waals surface area contributed by atoms with E-state index in [9.17, 15) is 4.79 Å². The molecule has 2 aliphatic rings. The predicted molar refractivity (Wildman–Crippen MR) is 111 cm³/mol. The number of thiazole rings is 1. The summed E-state index contributed by atoms with van der Waals surface area (Å²) >= 11 is 1.58. The molecule has 0 spiro atoms. The van der Waals surface area contributed by atoms with E-state index in [-0.39, 0.29) is 5.91 Å². The number of aryl methyl sites for hydroxylation is 1. The predicted octanol–water partition coefficient (Wildman–Crippen LogP) is 3.21. The number of amides is 1. The molecule has 2 atom stereocenters. The SMILES string of the molecule is Cc1ncsc1-c1nc2ccccc2n1CC(=O)N(C)C1CC2CCC(C1)N2. The maximum absolute atomic E-state index is 13.2. The van der Waals surface area contributed by atoms with Crippen molar-refractivity contribution in [2.45, 2.75) is 57.3 Å². The lowest BCUT2D eigenvalue weighted by molar-refractivity contribution is -0.133. The minimum Gasteiger partial charge on any atom is -0.341 e. The van der Waals surface area contributed by atoms with Gasteiger partial charge < -0.3 is 14.8 Å². The molecule has 2 unspecified atom stereocenters. The normalized spacial score (nSPS) is 24.0. The topological polar surface area (TPSA) is 63.1 Å². The van der Waals surface area contributed by atoms with Crippen LogP contribution >= 0.6 is 11.3 Å². The zero-order chi connectivity index (χ0) is 19.3. The Hall–Kier alpha value is -2.25. The first-order valence-corrected chi connectivity index (χ1v) is 10.9. The highest BCUT2D eigenvalue weighted by Crippen LogP contribution is 2.32. The van der Waals surface area contributed by atoms with Gasteiger partial charge in [0.15, 0.2) is 5.82 Å². The number of benzene rings is 1. The van der Waals surface area contributed by atoms with E-state index in [1.54, 1.807) is 11.3 Å². The fourth-order valence-corrected chi connectivity index (χ4v) is 5.52. The number of fused-ring (bicyclic) bond motifs is 3. The summed E-state index contributed by atoms with van der Waals surface area (Å²) in [5.74, 6) is 0.992. The number of aromatic nitrogens is 3. The number of carbonyl (C=O) groups excluding carboxylic acids is 1. The van der Waals surface area contributed by atoms with E-state index >= 15 is 0 Å². The van der Waals surface area contributed by atoms with E-state index in [4.69, 9.17) is 4.98 Å². The minimum atomic E-state index is 0.151. The van der Waals surface area contributed by atoms with Gasteiger partial charge in [-0.05, 0) is 44.7 Å². The average Bonchev–Trinajstić information content (AvgIpc) is 3.38. The Bertz CT molecular complexity index is 1010. The smallest absolute Gasteiger partial charge is 0.242 e. The maximum atomic E-state index is 13.2. The Balaban J connectivity index is 1.46. The summed E-state index contributed by atoms with van der Waals surface area (Å²) < 4.78 is 2.06. The van der Waals surface area contributed by atoms with Gasteiger partial charge in [0.1, 0.15) is 6.54 Å². The summed E-state index contributed by atoms with van der Waals surface area (Å²) in [7, 11) is 1.97. The van der Waals surface area contributed by atoms with Crippen LogP contribution in [0.3, 0.4) is 0 Å². The van der Waals surface area contributed by atoms with Crippen molar-refractivity contribution in [3.8, 4) is 10.7 Å². The van der Waals surface area contributed by atoms with E-state index in [1.165, 1.54) is 12.8 Å². The number of para-hydroxylation sites is 2. The zero-order valence-corrected chi connectivity index (χ0v) is 17.1. The Morgan fingerprint density at radius 2 is 2.04 bits per heavy atom. The monoisotopic (exact) mass is 395 g/mol. The third-order valence-electron chi connectivity index (χ3n) is 6.29. The maximum Gasteiger partial charge on any atom is 0.242 e. The molecule has 1 aromatic carbocycles. The molecule has 3 aromatic rings. The van der Waals surface area contributed by atoms with Gasteiger partial charge in [-0.15, -0.1) is 11.3 Å². The summed E-state index contributed by atoms with van der Waals surface area (Å²) in [6.45, 7) is 2.30. The molecule has 0 saturated carbocycles. The summed E-state index contributed by atoms with van der Waals surface area (Å²) in [5.41, 5.74) is 4.71. The highest BCUT2D eigenvalue weighted by molar-refractivity contribution is 7.13. The average molecular weight is 396 g/mol. The van der Waals surface area contributed by atoms with Crippen molar-refractivity contribution in [2.24, 2.45) is 0 Å². The molecule has 2 aromatic heterocycles. The first-order valence-electron chi connectivity index (χ1n) is 9.97. The molecule has 2 fully saturated rings. The Labute approximate surface area is 168 Å². The molecule has 2 saturated heterocycles. The van der Waals surface area contributed by atoms with Crippen molar-refractivity contribution in [1.82, 2.24) is 24.8 Å². The van der Waals surface area contributed by atoms with Gasteiger partial charge in [-0.2, -0.15) is 0 Å². The van der Waals surface area contributed by atoms with E-state index in [2.05, 4.69) is 14.9 Å². The second-order valence-corrected chi connectivity index (χ2v) is 8.90. The van der Waals surface area contributed by atoms with Crippen LogP contribution in [0.5, 0.6) is 0 Å². The van der Waals surface area contributed by atoms with Crippen LogP contribution in [0.2, 0.25) is 0 Å². The summed E-state index contributed by atoms with van der Waals surface area (Å²) in [6, 6.07) is 9.51. The molecule has 6 nitrogen and oxygen atoms in total. The Kier molecular flexibility index (Phi) is 4.44. The summed E-state index contributed by atoms with van der Waals surface area (Å²) in [6.07, 6.45) is 4.60. The van der Waals surface area contributed by atoms with Crippen molar-refractivity contribution in [2.75, 3.05) is 7.05 Å². The number of likely N-dealkylation sites (N-methyl/N-ethyl adjacent to an activating group) is 1. The molecule has 2 bridgehead atoms. The number of nitrogens with zero attached hydrogens (tertiary/aromatic N) is 4. The molecule has 146 valence electrons. The van der Waals surface area contributed by atoms with E-state index in [0.717, 1.165) is 40.3 Å². The van der Waals surface area contributed by atoms with Gasteiger partial charge >= 0.3 is 0 Å². The van der Waals surface area contributed by atoms with Crippen molar-refractivity contribution < 1.29 is 4.79 Å². The van der Waals surface area contributed by atoms with Gasteiger partial charge in [-0.1, -0.05) is 12.1 Å². The Morgan fingerprint density at radius 1 is 1.29 bits per heavy atom. The quantitative estimate of drug-likeness (QED) is 0.737. The Morgan fingerprint density at radius 3 is 2.75 bits per heavy atom. The molecular weight excluding hydrogens is 370 g/mol. The highest BCUT2D eigenvalue weighted by Gasteiger charge is 2.36. The molecule has 5 rings (SSSR count). The lowest BCUT2D eigenvalue weighted by atomic mass is 9.98. The molecule has 1 N–H and O–H groups in total. The summed E-state index contributed by atoms with van der Waals surface area (Å²) in [4.78, 5) is 25.5.